The van der Waals surface area contributed by atoms with Gasteiger partial charge in [-0.3, -0.25) is 0 Å². The number of rotatable bonds is 10. The van der Waals surface area contributed by atoms with Crippen molar-refractivity contribution < 1.29 is 0 Å². The second-order valence-electron chi connectivity index (χ2n) is 13.9. The van der Waals surface area contributed by atoms with Gasteiger partial charge in [-0.1, -0.05) is 180 Å². The summed E-state index contributed by atoms with van der Waals surface area (Å²) in [6, 6.07) is 61.8. The van der Waals surface area contributed by atoms with E-state index in [1.807, 2.05) is 0 Å². The SMILES string of the molecule is Cc1ccc(C(c2ccc(C)cc2)c2ccc(/C=C/c3ccc(/C=C/c4ccc(N(c5ccc(C)cc5)c5ccc(C)cc5)cc4)cc3)cc2)cc1. The maximum Gasteiger partial charge on any atom is 0.0462 e. The molecule has 0 aromatic heterocycles. The third-order valence-corrected chi connectivity index (χ3v) is 9.70. The summed E-state index contributed by atoms with van der Waals surface area (Å²) >= 11 is 0. The van der Waals surface area contributed by atoms with E-state index in [-0.39, 0.29) is 5.92 Å². The molecule has 7 aromatic carbocycles. The first-order valence-corrected chi connectivity index (χ1v) is 18.1. The lowest BCUT2D eigenvalue weighted by Gasteiger charge is -2.25. The zero-order valence-electron chi connectivity index (χ0n) is 30.5. The molecule has 0 saturated carbocycles. The average Bonchev–Trinajstić information content (AvgIpc) is 3.18. The van der Waals surface area contributed by atoms with Gasteiger partial charge in [0.15, 0.2) is 0 Å². The molecule has 0 aliphatic carbocycles. The van der Waals surface area contributed by atoms with Crippen LogP contribution in [0.3, 0.4) is 0 Å². The van der Waals surface area contributed by atoms with E-state index in [0.29, 0.717) is 0 Å². The number of benzene rings is 7. The number of nitrogens with zero attached hydrogens (tertiary/aromatic N) is 1. The highest BCUT2D eigenvalue weighted by Crippen LogP contribution is 2.35. The van der Waals surface area contributed by atoms with Crippen molar-refractivity contribution in [1.82, 2.24) is 0 Å². The molecule has 0 aliphatic heterocycles. The Morgan fingerprint density at radius 1 is 0.288 bits per heavy atom. The summed E-state index contributed by atoms with van der Waals surface area (Å²) in [5, 5.41) is 0. The summed E-state index contributed by atoms with van der Waals surface area (Å²) < 4.78 is 0. The van der Waals surface area contributed by atoms with E-state index in [1.54, 1.807) is 0 Å². The van der Waals surface area contributed by atoms with Gasteiger partial charge in [0.2, 0.25) is 0 Å². The van der Waals surface area contributed by atoms with Crippen LogP contribution in [0, 0.1) is 27.7 Å². The molecular weight excluding hydrogens is 627 g/mol. The smallest absolute Gasteiger partial charge is 0.0462 e. The van der Waals surface area contributed by atoms with Gasteiger partial charge in [-0.05, 0) is 103 Å². The average molecular weight is 672 g/mol. The van der Waals surface area contributed by atoms with E-state index < -0.39 is 0 Å². The van der Waals surface area contributed by atoms with Crippen LogP contribution in [0.25, 0.3) is 24.3 Å². The molecule has 0 spiro atoms. The van der Waals surface area contributed by atoms with E-state index in [2.05, 4.69) is 227 Å². The molecule has 7 rings (SSSR count). The van der Waals surface area contributed by atoms with Crippen molar-refractivity contribution in [3.63, 3.8) is 0 Å². The maximum atomic E-state index is 2.31. The van der Waals surface area contributed by atoms with E-state index in [9.17, 15) is 0 Å². The summed E-state index contributed by atoms with van der Waals surface area (Å²) in [6.07, 6.45) is 8.74. The number of hydrogen-bond donors (Lipinski definition) is 0. The topological polar surface area (TPSA) is 3.24 Å². The Morgan fingerprint density at radius 3 is 0.808 bits per heavy atom. The van der Waals surface area contributed by atoms with Gasteiger partial charge in [-0.2, -0.15) is 0 Å². The van der Waals surface area contributed by atoms with Crippen molar-refractivity contribution in [3.05, 3.63) is 231 Å². The largest absolute Gasteiger partial charge is 0.311 e. The van der Waals surface area contributed by atoms with Gasteiger partial charge in [0.1, 0.15) is 0 Å². The van der Waals surface area contributed by atoms with Crippen LogP contribution in [-0.2, 0) is 0 Å². The number of aryl methyl sites for hydroxylation is 4. The zero-order valence-corrected chi connectivity index (χ0v) is 30.5. The molecule has 7 aromatic rings. The minimum atomic E-state index is 0.199. The van der Waals surface area contributed by atoms with Gasteiger partial charge in [0.05, 0.1) is 0 Å². The first-order valence-electron chi connectivity index (χ1n) is 18.1. The van der Waals surface area contributed by atoms with Crippen LogP contribution >= 0.6 is 0 Å². The number of anilines is 3. The lowest BCUT2D eigenvalue weighted by atomic mass is 9.84. The third-order valence-electron chi connectivity index (χ3n) is 9.70. The lowest BCUT2D eigenvalue weighted by molar-refractivity contribution is 0.974. The van der Waals surface area contributed by atoms with Crippen molar-refractivity contribution in [3.8, 4) is 0 Å². The summed E-state index contributed by atoms with van der Waals surface area (Å²) in [6.45, 7) is 8.54. The first-order chi connectivity index (χ1) is 25.4. The predicted octanol–water partition coefficient (Wildman–Crippen LogP) is 13.9. The fourth-order valence-electron chi connectivity index (χ4n) is 6.57. The van der Waals surface area contributed by atoms with Gasteiger partial charge in [0, 0.05) is 23.0 Å². The molecule has 0 bridgehead atoms. The zero-order chi connectivity index (χ0) is 35.9. The Balaban J connectivity index is 1.02. The summed E-state index contributed by atoms with van der Waals surface area (Å²) in [5.74, 6) is 0.199. The standard InChI is InChI=1S/C51H45N/c1-37-5-25-45(26-6-37)51(46-27-7-38(2)8-28-46)47-29-21-43(22-30-47)19-17-41-13-15-42(16-14-41)18-20-44-23-35-50(36-24-44)52(48-31-9-39(3)10-32-48)49-33-11-40(4)12-34-49/h5-36,51H,1-4H3/b19-17+,20-18+. The van der Waals surface area contributed by atoms with Crippen molar-refractivity contribution in [2.24, 2.45) is 0 Å². The monoisotopic (exact) mass is 671 g/mol. The molecule has 254 valence electrons. The second-order valence-corrected chi connectivity index (χ2v) is 13.9. The normalized spacial score (nSPS) is 11.5. The quantitative estimate of drug-likeness (QED) is 0.103. The van der Waals surface area contributed by atoms with E-state index in [0.717, 1.165) is 22.6 Å². The molecule has 52 heavy (non-hydrogen) atoms. The van der Waals surface area contributed by atoms with E-state index in [1.165, 1.54) is 55.6 Å². The molecule has 1 nitrogen and oxygen atoms in total. The van der Waals surface area contributed by atoms with E-state index in [4.69, 9.17) is 0 Å². The Kier molecular flexibility index (Phi) is 10.4. The molecular formula is C51H45N. The van der Waals surface area contributed by atoms with Crippen LogP contribution in [0.4, 0.5) is 17.1 Å². The minimum Gasteiger partial charge on any atom is -0.311 e. The van der Waals surface area contributed by atoms with Crippen LogP contribution in [0.15, 0.2) is 170 Å². The highest BCUT2D eigenvalue weighted by atomic mass is 15.1. The Bertz CT molecular complexity index is 2000. The van der Waals surface area contributed by atoms with Crippen molar-refractivity contribution in [1.29, 1.82) is 0 Å². The van der Waals surface area contributed by atoms with Gasteiger partial charge in [-0.25, -0.2) is 0 Å². The van der Waals surface area contributed by atoms with Crippen LogP contribution in [-0.4, -0.2) is 0 Å². The highest BCUT2D eigenvalue weighted by Gasteiger charge is 2.17. The fourth-order valence-corrected chi connectivity index (χ4v) is 6.57. The Labute approximate surface area is 309 Å². The Hall–Kier alpha value is -6.18. The number of hydrogen-bond acceptors (Lipinski definition) is 1. The van der Waals surface area contributed by atoms with Crippen LogP contribution in [0.5, 0.6) is 0 Å². The summed E-state index contributed by atoms with van der Waals surface area (Å²) in [4.78, 5) is 2.31. The molecule has 0 saturated heterocycles. The first kappa shape index (κ1) is 34.3. The van der Waals surface area contributed by atoms with Crippen molar-refractivity contribution in [2.75, 3.05) is 4.90 Å². The van der Waals surface area contributed by atoms with Gasteiger partial charge < -0.3 is 4.90 Å². The van der Waals surface area contributed by atoms with Gasteiger partial charge >= 0.3 is 0 Å². The van der Waals surface area contributed by atoms with Crippen molar-refractivity contribution >= 4 is 41.4 Å². The van der Waals surface area contributed by atoms with Gasteiger partial charge in [-0.15, -0.1) is 0 Å². The summed E-state index contributed by atoms with van der Waals surface area (Å²) in [7, 11) is 0. The van der Waals surface area contributed by atoms with Crippen LogP contribution < -0.4 is 4.90 Å². The fraction of sp³-hybridized carbons (Fsp3) is 0.0980. The summed E-state index contributed by atoms with van der Waals surface area (Å²) in [5.41, 5.74) is 17.1. The third kappa shape index (κ3) is 8.40. The molecule has 0 radical (unpaired) electrons. The van der Waals surface area contributed by atoms with Crippen molar-refractivity contribution in [2.45, 2.75) is 33.6 Å². The van der Waals surface area contributed by atoms with Crippen LogP contribution in [0.2, 0.25) is 0 Å². The van der Waals surface area contributed by atoms with Crippen LogP contribution in [0.1, 0.15) is 67.1 Å². The minimum absolute atomic E-state index is 0.199. The van der Waals surface area contributed by atoms with Gasteiger partial charge in [0.25, 0.3) is 0 Å². The predicted molar refractivity (Wildman–Crippen MR) is 225 cm³/mol. The Morgan fingerprint density at radius 2 is 0.500 bits per heavy atom. The molecule has 0 aliphatic rings. The highest BCUT2D eigenvalue weighted by molar-refractivity contribution is 5.78. The van der Waals surface area contributed by atoms with E-state index >= 15 is 0 Å². The lowest BCUT2D eigenvalue weighted by Crippen LogP contribution is -2.09. The maximum absolute atomic E-state index is 2.31. The molecule has 0 amide bonds. The molecule has 0 N–H and O–H groups in total. The molecule has 1 heteroatoms. The second kappa shape index (κ2) is 15.8. The molecule has 0 fully saturated rings. The molecule has 0 heterocycles. The molecule has 0 unspecified atom stereocenters. The molecule has 0 atom stereocenters.